The van der Waals surface area contributed by atoms with E-state index in [1.807, 2.05) is 42.5 Å². The van der Waals surface area contributed by atoms with Gasteiger partial charge in [-0.15, -0.1) is 0 Å². The standard InChI is InChI=1S/C25H23Cl2N5O4S/c26-18-8-6-17(7-9-18)23-21(16-4-2-1-3-5-16)14-32(30-23)25(29-22(15-33)24(28)34)31-37(35,36)20-12-10-19(27)11-13-20/h1-13,21-22,33H,14-15H2,(H2,28,34)(H,29,31)/t21-,22-/m0/s1. The van der Waals surface area contributed by atoms with Gasteiger partial charge in [-0.25, -0.2) is 23.1 Å². The van der Waals surface area contributed by atoms with Gasteiger partial charge in [-0.05, 0) is 47.5 Å². The van der Waals surface area contributed by atoms with Gasteiger partial charge in [0.25, 0.3) is 10.0 Å². The second-order valence-electron chi connectivity index (χ2n) is 8.15. The molecule has 37 heavy (non-hydrogen) atoms. The predicted molar refractivity (Wildman–Crippen MR) is 143 cm³/mol. The molecule has 0 spiro atoms. The van der Waals surface area contributed by atoms with Gasteiger partial charge in [0.15, 0.2) is 6.04 Å². The van der Waals surface area contributed by atoms with Gasteiger partial charge in [0.1, 0.15) is 0 Å². The topological polar surface area (TPSA) is 137 Å². The van der Waals surface area contributed by atoms with Gasteiger partial charge in [0, 0.05) is 16.0 Å². The molecule has 0 bridgehead atoms. The first-order chi connectivity index (χ1) is 17.7. The summed E-state index contributed by atoms with van der Waals surface area (Å²) in [5.74, 6) is -1.46. The smallest absolute Gasteiger partial charge is 0.264 e. The van der Waals surface area contributed by atoms with Crippen LogP contribution in [-0.2, 0) is 14.8 Å². The Morgan fingerprint density at radius 1 is 1.05 bits per heavy atom. The van der Waals surface area contributed by atoms with E-state index in [0.717, 1.165) is 11.1 Å². The van der Waals surface area contributed by atoms with E-state index in [1.54, 1.807) is 12.1 Å². The molecule has 0 unspecified atom stereocenters. The number of sulfonamides is 1. The normalized spacial score (nSPS) is 16.8. The van der Waals surface area contributed by atoms with Crippen molar-refractivity contribution < 1.29 is 18.3 Å². The van der Waals surface area contributed by atoms with Crippen molar-refractivity contribution in [1.82, 2.24) is 9.73 Å². The Bertz CT molecular complexity index is 1430. The molecule has 2 atom stereocenters. The maximum atomic E-state index is 13.2. The summed E-state index contributed by atoms with van der Waals surface area (Å²) >= 11 is 12.0. The SMILES string of the molecule is NC(=O)[C@H](CO)N=C(NS(=O)(=O)c1ccc(Cl)cc1)N1C[C@@H](c2ccccc2)C(c2ccc(Cl)cc2)=N1. The van der Waals surface area contributed by atoms with Crippen molar-refractivity contribution in [2.24, 2.45) is 15.8 Å². The number of amides is 1. The van der Waals surface area contributed by atoms with Crippen LogP contribution < -0.4 is 10.5 Å². The first kappa shape index (κ1) is 26.6. The summed E-state index contributed by atoms with van der Waals surface area (Å²) in [5.41, 5.74) is 7.72. The van der Waals surface area contributed by atoms with E-state index in [-0.39, 0.29) is 23.3 Å². The van der Waals surface area contributed by atoms with Crippen LogP contribution >= 0.6 is 23.2 Å². The molecule has 1 amide bonds. The van der Waals surface area contributed by atoms with E-state index in [9.17, 15) is 18.3 Å². The molecule has 1 aliphatic heterocycles. The van der Waals surface area contributed by atoms with Crippen LogP contribution in [0.1, 0.15) is 17.0 Å². The number of hydrogen-bond acceptors (Lipinski definition) is 6. The van der Waals surface area contributed by atoms with E-state index in [0.29, 0.717) is 15.8 Å². The van der Waals surface area contributed by atoms with E-state index in [2.05, 4.69) is 14.8 Å². The second kappa shape index (κ2) is 11.3. The molecule has 0 radical (unpaired) electrons. The molecule has 3 aromatic rings. The fourth-order valence-electron chi connectivity index (χ4n) is 3.74. The van der Waals surface area contributed by atoms with Crippen LogP contribution in [0, 0.1) is 0 Å². The monoisotopic (exact) mass is 559 g/mol. The zero-order chi connectivity index (χ0) is 26.6. The number of aliphatic imine (C=N–C) groups is 1. The van der Waals surface area contributed by atoms with Gasteiger partial charge in [-0.2, -0.15) is 5.10 Å². The second-order valence-corrected chi connectivity index (χ2v) is 10.7. The number of benzene rings is 3. The summed E-state index contributed by atoms with van der Waals surface area (Å²) in [5, 5.41) is 16.6. The number of carbonyl (C=O) groups excluding carboxylic acids is 1. The minimum atomic E-state index is -4.16. The van der Waals surface area contributed by atoms with Gasteiger partial charge in [-0.1, -0.05) is 65.7 Å². The lowest BCUT2D eigenvalue weighted by atomic mass is 9.91. The number of guanidine groups is 1. The van der Waals surface area contributed by atoms with Crippen molar-refractivity contribution in [3.8, 4) is 0 Å². The highest BCUT2D eigenvalue weighted by molar-refractivity contribution is 7.90. The molecule has 0 fully saturated rings. The molecule has 1 heterocycles. The summed E-state index contributed by atoms with van der Waals surface area (Å²) in [7, 11) is -4.16. The van der Waals surface area contributed by atoms with Crippen molar-refractivity contribution in [2.45, 2.75) is 16.9 Å². The Balaban J connectivity index is 1.78. The first-order valence-corrected chi connectivity index (χ1v) is 13.3. The molecule has 12 heteroatoms. The molecule has 9 nitrogen and oxygen atoms in total. The number of carbonyl (C=O) groups is 1. The van der Waals surface area contributed by atoms with Crippen LogP contribution in [0.4, 0.5) is 0 Å². The molecule has 3 aromatic carbocycles. The molecule has 0 saturated heterocycles. The molecule has 4 rings (SSSR count). The van der Waals surface area contributed by atoms with Crippen LogP contribution in [0.25, 0.3) is 0 Å². The van der Waals surface area contributed by atoms with E-state index in [1.165, 1.54) is 29.3 Å². The van der Waals surface area contributed by atoms with E-state index in [4.69, 9.17) is 28.9 Å². The average Bonchev–Trinajstić information content (AvgIpc) is 3.33. The number of primary amides is 1. The number of nitrogens with zero attached hydrogens (tertiary/aromatic N) is 3. The van der Waals surface area contributed by atoms with Crippen LogP contribution in [0.2, 0.25) is 10.0 Å². The maximum Gasteiger partial charge on any atom is 0.264 e. The lowest BCUT2D eigenvalue weighted by Gasteiger charge is -2.21. The zero-order valence-corrected chi connectivity index (χ0v) is 21.7. The molecular formula is C25H23Cl2N5O4S. The van der Waals surface area contributed by atoms with Crippen molar-refractivity contribution >= 4 is 50.8 Å². The van der Waals surface area contributed by atoms with Gasteiger partial charge in [0.05, 0.1) is 23.8 Å². The highest BCUT2D eigenvalue weighted by atomic mass is 35.5. The predicted octanol–water partition coefficient (Wildman–Crippen LogP) is 2.98. The molecule has 0 aromatic heterocycles. The molecular weight excluding hydrogens is 537 g/mol. The Hall–Kier alpha value is -3.44. The largest absolute Gasteiger partial charge is 0.394 e. The van der Waals surface area contributed by atoms with Gasteiger partial charge in [-0.3, -0.25) is 4.79 Å². The Morgan fingerprint density at radius 2 is 1.65 bits per heavy atom. The number of aliphatic hydroxyl groups excluding tert-OH is 1. The summed E-state index contributed by atoms with van der Waals surface area (Å²) in [6.07, 6.45) is 0. The van der Waals surface area contributed by atoms with Crippen LogP contribution in [0.3, 0.4) is 0 Å². The number of halogens is 2. The number of nitrogens with one attached hydrogen (secondary N) is 1. The van der Waals surface area contributed by atoms with Gasteiger partial charge >= 0.3 is 0 Å². The quantitative estimate of drug-likeness (QED) is 0.302. The number of rotatable bonds is 7. The Kier molecular flexibility index (Phi) is 8.13. The summed E-state index contributed by atoms with van der Waals surface area (Å²) in [6, 6.07) is 20.8. The van der Waals surface area contributed by atoms with Gasteiger partial charge < -0.3 is 10.8 Å². The lowest BCUT2D eigenvalue weighted by Crippen LogP contribution is -2.44. The third kappa shape index (κ3) is 6.28. The third-order valence-corrected chi connectivity index (χ3v) is 7.48. The molecule has 1 aliphatic rings. The first-order valence-electron chi connectivity index (χ1n) is 11.1. The minimum Gasteiger partial charge on any atom is -0.394 e. The Morgan fingerprint density at radius 3 is 2.22 bits per heavy atom. The average molecular weight is 560 g/mol. The number of hydrazone groups is 1. The van der Waals surface area contributed by atoms with Crippen LogP contribution in [0.15, 0.2) is 93.9 Å². The summed E-state index contributed by atoms with van der Waals surface area (Å²) in [4.78, 5) is 15.9. The Labute approximate surface area is 224 Å². The van der Waals surface area contributed by atoms with Crippen molar-refractivity contribution in [3.05, 3.63) is 100 Å². The molecule has 4 N–H and O–H groups in total. The van der Waals surface area contributed by atoms with Crippen molar-refractivity contribution in [1.29, 1.82) is 0 Å². The fraction of sp³-hybridized carbons (Fsp3) is 0.160. The molecule has 192 valence electrons. The van der Waals surface area contributed by atoms with Crippen LogP contribution in [-0.4, -0.2) is 55.3 Å². The van der Waals surface area contributed by atoms with Crippen molar-refractivity contribution in [2.75, 3.05) is 13.2 Å². The minimum absolute atomic E-state index is 0.0788. The highest BCUT2D eigenvalue weighted by Crippen LogP contribution is 2.30. The zero-order valence-electron chi connectivity index (χ0n) is 19.3. The maximum absolute atomic E-state index is 13.2. The molecule has 0 saturated carbocycles. The van der Waals surface area contributed by atoms with Gasteiger partial charge in [0.2, 0.25) is 11.9 Å². The number of aliphatic hydroxyl groups is 1. The lowest BCUT2D eigenvalue weighted by molar-refractivity contribution is -0.119. The fourth-order valence-corrected chi connectivity index (χ4v) is 5.01. The number of hydrogen-bond donors (Lipinski definition) is 3. The summed E-state index contributed by atoms with van der Waals surface area (Å²) in [6.45, 7) is -0.522. The molecule has 0 aliphatic carbocycles. The third-order valence-electron chi connectivity index (χ3n) is 5.63. The van der Waals surface area contributed by atoms with Crippen molar-refractivity contribution in [3.63, 3.8) is 0 Å². The highest BCUT2D eigenvalue weighted by Gasteiger charge is 2.34. The van der Waals surface area contributed by atoms with Crippen LogP contribution in [0.5, 0.6) is 0 Å². The van der Waals surface area contributed by atoms with E-state index < -0.39 is 28.6 Å². The van der Waals surface area contributed by atoms with E-state index >= 15 is 0 Å². The summed E-state index contributed by atoms with van der Waals surface area (Å²) < 4.78 is 28.8. The number of nitrogens with two attached hydrogens (primary N) is 1.